The summed E-state index contributed by atoms with van der Waals surface area (Å²) in [7, 11) is 1.50. The van der Waals surface area contributed by atoms with Gasteiger partial charge < -0.3 is 30.0 Å². The molecule has 0 atom stereocenters. The second kappa shape index (κ2) is 10.3. The first-order valence-electron chi connectivity index (χ1n) is 10.9. The van der Waals surface area contributed by atoms with Crippen LogP contribution in [-0.4, -0.2) is 36.8 Å². The summed E-state index contributed by atoms with van der Waals surface area (Å²) >= 11 is 3.40. The zero-order chi connectivity index (χ0) is 24.2. The lowest BCUT2D eigenvalue weighted by Crippen LogP contribution is -2.31. The third-order valence-corrected chi connectivity index (χ3v) is 6.75. The van der Waals surface area contributed by atoms with Crippen LogP contribution < -0.4 is 24.8 Å². The fourth-order valence-corrected chi connectivity index (χ4v) is 4.67. The second-order valence-electron chi connectivity index (χ2n) is 8.28. The second-order valence-corrected chi connectivity index (χ2v) is 9.13. The van der Waals surface area contributed by atoms with E-state index in [0.29, 0.717) is 53.1 Å². The molecule has 0 radical (unpaired) electrons. The number of hydrogen-bond acceptors (Lipinski definition) is 6. The van der Waals surface area contributed by atoms with Crippen molar-refractivity contribution in [3.8, 4) is 17.2 Å². The number of carboxylic acid groups (broad SMARTS) is 1. The summed E-state index contributed by atoms with van der Waals surface area (Å²) in [6, 6.07) is 8.64. The van der Waals surface area contributed by atoms with E-state index in [1.807, 2.05) is 12.1 Å². The lowest BCUT2D eigenvalue weighted by atomic mass is 9.81. The molecule has 2 amide bonds. The third-order valence-electron chi connectivity index (χ3n) is 6.13. The van der Waals surface area contributed by atoms with Gasteiger partial charge in [-0.25, -0.2) is 0 Å². The molecular weight excluding hydrogens is 508 g/mol. The average molecular weight is 533 g/mol. The monoisotopic (exact) mass is 532 g/mol. The minimum Gasteiger partial charge on any atom is -0.495 e. The van der Waals surface area contributed by atoms with Gasteiger partial charge in [-0.2, -0.15) is 0 Å². The van der Waals surface area contributed by atoms with Gasteiger partial charge in [-0.05, 0) is 65.4 Å². The number of nitrogens with one attached hydrogen (secondary N) is 2. The highest BCUT2D eigenvalue weighted by atomic mass is 79.9. The number of carbonyl (C=O) groups excluding carboxylic acids is 2. The van der Waals surface area contributed by atoms with Crippen LogP contribution in [0, 0.1) is 11.8 Å². The first-order valence-corrected chi connectivity index (χ1v) is 11.7. The van der Waals surface area contributed by atoms with Gasteiger partial charge in [0, 0.05) is 18.5 Å². The van der Waals surface area contributed by atoms with E-state index in [1.165, 1.54) is 7.11 Å². The van der Waals surface area contributed by atoms with E-state index < -0.39 is 11.9 Å². The molecule has 34 heavy (non-hydrogen) atoms. The van der Waals surface area contributed by atoms with E-state index in [-0.39, 0.29) is 36.6 Å². The Morgan fingerprint density at radius 2 is 1.76 bits per heavy atom. The number of aliphatic carboxylic acids is 1. The average Bonchev–Trinajstić information content (AvgIpc) is 3.31. The van der Waals surface area contributed by atoms with Gasteiger partial charge in [0.2, 0.25) is 12.7 Å². The van der Waals surface area contributed by atoms with Gasteiger partial charge in [0.25, 0.3) is 5.91 Å². The zero-order valence-corrected chi connectivity index (χ0v) is 20.1. The van der Waals surface area contributed by atoms with Gasteiger partial charge in [-0.15, -0.1) is 0 Å². The van der Waals surface area contributed by atoms with Crippen molar-refractivity contribution in [2.45, 2.75) is 32.2 Å². The maximum absolute atomic E-state index is 13.1. The summed E-state index contributed by atoms with van der Waals surface area (Å²) in [4.78, 5) is 37.2. The number of halogens is 1. The van der Waals surface area contributed by atoms with E-state index in [1.54, 1.807) is 18.2 Å². The number of carbonyl (C=O) groups is 3. The molecule has 0 spiro atoms. The number of hydrogen-bond donors (Lipinski definition) is 3. The molecule has 1 heterocycles. The predicted octanol–water partition coefficient (Wildman–Crippen LogP) is 3.95. The van der Waals surface area contributed by atoms with Crippen molar-refractivity contribution in [2.24, 2.45) is 11.8 Å². The van der Waals surface area contributed by atoms with Crippen LogP contribution in [0.2, 0.25) is 0 Å². The molecule has 4 rings (SSSR count). The Bertz CT molecular complexity index is 1110. The molecule has 1 saturated carbocycles. The summed E-state index contributed by atoms with van der Waals surface area (Å²) in [6.45, 7) is 0.428. The van der Waals surface area contributed by atoms with E-state index in [2.05, 4.69) is 26.6 Å². The van der Waals surface area contributed by atoms with Gasteiger partial charge >= 0.3 is 5.97 Å². The smallest absolute Gasteiger partial charge is 0.306 e. The Hall–Kier alpha value is -3.27. The highest BCUT2D eigenvalue weighted by Crippen LogP contribution is 2.35. The van der Waals surface area contributed by atoms with Crippen molar-refractivity contribution in [2.75, 3.05) is 19.2 Å². The van der Waals surface area contributed by atoms with Gasteiger partial charge in [-0.1, -0.05) is 6.07 Å². The molecule has 0 unspecified atom stereocenters. The van der Waals surface area contributed by atoms with E-state index in [0.717, 1.165) is 5.56 Å². The molecule has 2 aromatic rings. The van der Waals surface area contributed by atoms with Crippen LogP contribution in [-0.2, 0) is 16.1 Å². The Kier molecular flexibility index (Phi) is 7.26. The van der Waals surface area contributed by atoms with Crippen LogP contribution in [0.5, 0.6) is 17.2 Å². The first-order chi connectivity index (χ1) is 16.4. The fourth-order valence-electron chi connectivity index (χ4n) is 4.17. The number of methoxy groups -OCH3 is 1. The number of carboxylic acids is 1. The molecule has 2 aliphatic rings. The molecule has 180 valence electrons. The number of benzene rings is 2. The molecular formula is C24H25BrN2O7. The standard InChI is InChI=1S/C24H25BrN2O7/c1-32-20-10-18(27-22(28)14-3-5-15(6-4-14)24(30)31)16(9-17(20)25)23(29)26-11-13-2-7-19-21(8-13)34-12-33-19/h2,7-10,14-15H,3-6,11-12H2,1H3,(H,26,29)(H,27,28)(H,30,31)/t14-,15-. The van der Waals surface area contributed by atoms with Crippen LogP contribution in [0.3, 0.4) is 0 Å². The Balaban J connectivity index is 1.47. The van der Waals surface area contributed by atoms with Gasteiger partial charge in [0.1, 0.15) is 5.75 Å². The van der Waals surface area contributed by atoms with Crippen LogP contribution >= 0.6 is 15.9 Å². The predicted molar refractivity (Wildman–Crippen MR) is 126 cm³/mol. The Labute approximate surface area is 204 Å². The maximum atomic E-state index is 13.1. The SMILES string of the molecule is COc1cc(NC(=O)[C@H]2CC[C@H](C(=O)O)CC2)c(C(=O)NCc2ccc3c(c2)OCO3)cc1Br. The summed E-state index contributed by atoms with van der Waals surface area (Å²) in [6.07, 6.45) is 1.89. The van der Waals surface area contributed by atoms with Crippen molar-refractivity contribution in [3.63, 3.8) is 0 Å². The summed E-state index contributed by atoms with van der Waals surface area (Å²) in [5, 5.41) is 14.9. The molecule has 9 nitrogen and oxygen atoms in total. The van der Waals surface area contributed by atoms with Gasteiger partial charge in [-0.3, -0.25) is 14.4 Å². The van der Waals surface area contributed by atoms with E-state index in [4.69, 9.17) is 14.2 Å². The molecule has 10 heteroatoms. The van der Waals surface area contributed by atoms with Crippen LogP contribution in [0.15, 0.2) is 34.8 Å². The van der Waals surface area contributed by atoms with Crippen molar-refractivity contribution in [3.05, 3.63) is 45.9 Å². The van der Waals surface area contributed by atoms with Crippen LogP contribution in [0.4, 0.5) is 5.69 Å². The number of anilines is 1. The zero-order valence-electron chi connectivity index (χ0n) is 18.6. The van der Waals surface area contributed by atoms with Crippen LogP contribution in [0.25, 0.3) is 0 Å². The van der Waals surface area contributed by atoms with Crippen molar-refractivity contribution in [1.82, 2.24) is 5.32 Å². The lowest BCUT2D eigenvalue weighted by Gasteiger charge is -2.25. The third kappa shape index (κ3) is 5.27. The molecule has 3 N–H and O–H groups in total. The van der Waals surface area contributed by atoms with Crippen molar-refractivity contribution < 1.29 is 33.7 Å². The van der Waals surface area contributed by atoms with E-state index >= 15 is 0 Å². The molecule has 0 saturated heterocycles. The van der Waals surface area contributed by atoms with Crippen LogP contribution in [0.1, 0.15) is 41.6 Å². The summed E-state index contributed by atoms with van der Waals surface area (Å²) < 4.78 is 16.6. The van der Waals surface area contributed by atoms with E-state index in [9.17, 15) is 19.5 Å². The highest BCUT2D eigenvalue weighted by Gasteiger charge is 2.30. The fraction of sp³-hybridized carbons (Fsp3) is 0.375. The Morgan fingerprint density at radius 3 is 2.47 bits per heavy atom. The van der Waals surface area contributed by atoms with Crippen molar-refractivity contribution >= 4 is 39.4 Å². The molecule has 1 aliphatic heterocycles. The first kappa shape index (κ1) is 23.9. The van der Waals surface area contributed by atoms with Gasteiger partial charge in [0.15, 0.2) is 11.5 Å². The summed E-state index contributed by atoms with van der Waals surface area (Å²) in [5.41, 5.74) is 1.44. The number of amides is 2. The molecule has 1 fully saturated rings. The normalized spacial score (nSPS) is 18.8. The van der Waals surface area contributed by atoms with Crippen molar-refractivity contribution in [1.29, 1.82) is 0 Å². The number of ether oxygens (including phenoxy) is 3. The number of fused-ring (bicyclic) bond motifs is 1. The quantitative estimate of drug-likeness (QED) is 0.493. The molecule has 1 aliphatic carbocycles. The Morgan fingerprint density at radius 1 is 1.06 bits per heavy atom. The van der Waals surface area contributed by atoms with Gasteiger partial charge in [0.05, 0.1) is 28.8 Å². The minimum absolute atomic E-state index is 0.173. The lowest BCUT2D eigenvalue weighted by molar-refractivity contribution is -0.143. The molecule has 0 bridgehead atoms. The maximum Gasteiger partial charge on any atom is 0.306 e. The summed E-state index contributed by atoms with van der Waals surface area (Å²) in [5.74, 6) is -0.385. The minimum atomic E-state index is -0.821. The highest BCUT2D eigenvalue weighted by molar-refractivity contribution is 9.10. The molecule has 2 aromatic carbocycles. The largest absolute Gasteiger partial charge is 0.495 e. The topological polar surface area (TPSA) is 123 Å². The molecule has 0 aromatic heterocycles. The number of rotatable bonds is 7.